The second-order valence-electron chi connectivity index (χ2n) is 5.96. The monoisotopic (exact) mass is 305 g/mol. The smallest absolute Gasteiger partial charge is 0.263 e. The summed E-state index contributed by atoms with van der Waals surface area (Å²) < 4.78 is 0. The van der Waals surface area contributed by atoms with E-state index < -0.39 is 11.4 Å². The lowest BCUT2D eigenvalue weighted by Gasteiger charge is -2.20. The van der Waals surface area contributed by atoms with Gasteiger partial charge in [-0.25, -0.2) is 0 Å². The van der Waals surface area contributed by atoms with E-state index in [1.165, 1.54) is 6.20 Å². The number of halogens is 1. The summed E-state index contributed by atoms with van der Waals surface area (Å²) in [5, 5.41) is 15.3. The van der Waals surface area contributed by atoms with Gasteiger partial charge >= 0.3 is 0 Å². The summed E-state index contributed by atoms with van der Waals surface area (Å²) in [7, 11) is 0. The minimum Gasteiger partial charge on any atom is -0.359 e. The van der Waals surface area contributed by atoms with Gasteiger partial charge in [0.15, 0.2) is 0 Å². The molecule has 0 aromatic heterocycles. The average Bonchev–Trinajstić information content (AvgIpc) is 2.30. The van der Waals surface area contributed by atoms with Gasteiger partial charge in [0.25, 0.3) is 5.91 Å². The normalized spacial score (nSPS) is 11.8. The van der Waals surface area contributed by atoms with Crippen molar-refractivity contribution < 1.29 is 4.79 Å². The molecule has 0 bridgehead atoms. The van der Waals surface area contributed by atoms with Crippen LogP contribution in [-0.2, 0) is 4.79 Å². The maximum Gasteiger partial charge on any atom is 0.263 e. The summed E-state index contributed by atoms with van der Waals surface area (Å²) in [5.74, 6) is -0.418. The lowest BCUT2D eigenvalue weighted by atomic mass is 10.1. The van der Waals surface area contributed by atoms with Crippen molar-refractivity contribution in [3.05, 3.63) is 40.1 Å². The third-order valence-corrected chi connectivity index (χ3v) is 2.94. The SMILES string of the molecule is Cc1cc(C)c(N/C=C(/C#N)C(=O)NC(C)(C)C)c(Cl)c1. The minimum absolute atomic E-state index is 0.000895. The van der Waals surface area contributed by atoms with Crippen LogP contribution in [0.5, 0.6) is 0 Å². The van der Waals surface area contributed by atoms with Crippen LogP contribution >= 0.6 is 11.6 Å². The summed E-state index contributed by atoms with van der Waals surface area (Å²) in [6.07, 6.45) is 1.38. The fourth-order valence-corrected chi connectivity index (χ4v) is 2.18. The average molecular weight is 306 g/mol. The number of hydrogen-bond acceptors (Lipinski definition) is 3. The topological polar surface area (TPSA) is 64.9 Å². The van der Waals surface area contributed by atoms with Gasteiger partial charge in [-0.2, -0.15) is 5.26 Å². The predicted molar refractivity (Wildman–Crippen MR) is 86.1 cm³/mol. The largest absolute Gasteiger partial charge is 0.359 e. The molecule has 0 unspecified atom stereocenters. The van der Waals surface area contributed by atoms with E-state index in [0.717, 1.165) is 11.1 Å². The van der Waals surface area contributed by atoms with E-state index >= 15 is 0 Å². The Kier molecular flexibility index (Phi) is 5.40. The van der Waals surface area contributed by atoms with Crippen molar-refractivity contribution in [3.8, 4) is 6.07 Å². The number of rotatable bonds is 3. The van der Waals surface area contributed by atoms with Crippen molar-refractivity contribution in [2.75, 3.05) is 5.32 Å². The molecular formula is C16H20ClN3O. The van der Waals surface area contributed by atoms with Crippen molar-refractivity contribution in [2.45, 2.75) is 40.2 Å². The number of nitrogens with one attached hydrogen (secondary N) is 2. The fourth-order valence-electron chi connectivity index (χ4n) is 1.80. The quantitative estimate of drug-likeness (QED) is 0.661. The maximum absolute atomic E-state index is 12.0. The first-order valence-corrected chi connectivity index (χ1v) is 6.98. The molecule has 1 aromatic carbocycles. The molecule has 21 heavy (non-hydrogen) atoms. The van der Waals surface area contributed by atoms with Crippen LogP contribution < -0.4 is 10.6 Å². The van der Waals surface area contributed by atoms with Crippen LogP contribution in [0, 0.1) is 25.2 Å². The third kappa shape index (κ3) is 5.13. The van der Waals surface area contributed by atoms with Gasteiger partial charge in [-0.1, -0.05) is 17.7 Å². The van der Waals surface area contributed by atoms with Gasteiger partial charge < -0.3 is 10.6 Å². The molecule has 1 rings (SSSR count). The number of anilines is 1. The van der Waals surface area contributed by atoms with Crippen LogP contribution in [0.4, 0.5) is 5.69 Å². The van der Waals surface area contributed by atoms with Gasteiger partial charge in [-0.15, -0.1) is 0 Å². The van der Waals surface area contributed by atoms with E-state index in [1.807, 2.05) is 52.8 Å². The molecule has 0 saturated carbocycles. The van der Waals surface area contributed by atoms with E-state index in [2.05, 4.69) is 10.6 Å². The summed E-state index contributed by atoms with van der Waals surface area (Å²) in [5.41, 5.74) is 2.30. The summed E-state index contributed by atoms with van der Waals surface area (Å²) in [4.78, 5) is 12.0. The van der Waals surface area contributed by atoms with Crippen molar-refractivity contribution in [1.29, 1.82) is 5.26 Å². The Morgan fingerprint density at radius 2 is 1.95 bits per heavy atom. The molecule has 0 saturated heterocycles. The molecular weight excluding hydrogens is 286 g/mol. The van der Waals surface area contributed by atoms with Crippen LogP contribution in [0.2, 0.25) is 5.02 Å². The van der Waals surface area contributed by atoms with Crippen molar-refractivity contribution in [1.82, 2.24) is 5.32 Å². The molecule has 0 aliphatic heterocycles. The molecule has 1 aromatic rings. The first kappa shape index (κ1) is 17.1. The molecule has 5 heteroatoms. The summed E-state index contributed by atoms with van der Waals surface area (Å²) in [6.45, 7) is 9.43. The molecule has 2 N–H and O–H groups in total. The zero-order valence-electron chi connectivity index (χ0n) is 13.0. The van der Waals surface area contributed by atoms with Crippen LogP contribution in [0.25, 0.3) is 0 Å². The van der Waals surface area contributed by atoms with Gasteiger partial charge in [-0.3, -0.25) is 4.79 Å². The summed E-state index contributed by atoms with van der Waals surface area (Å²) >= 11 is 6.17. The maximum atomic E-state index is 12.0. The number of benzene rings is 1. The highest BCUT2D eigenvalue weighted by molar-refractivity contribution is 6.33. The Morgan fingerprint density at radius 1 is 1.33 bits per heavy atom. The number of nitriles is 1. The van der Waals surface area contributed by atoms with E-state index in [-0.39, 0.29) is 5.57 Å². The van der Waals surface area contributed by atoms with Crippen molar-refractivity contribution in [3.63, 3.8) is 0 Å². The minimum atomic E-state index is -0.418. The Balaban J connectivity index is 2.98. The van der Waals surface area contributed by atoms with Gasteiger partial charge in [0, 0.05) is 11.7 Å². The molecule has 0 fully saturated rings. The number of nitrogens with zero attached hydrogens (tertiary/aromatic N) is 1. The van der Waals surface area contributed by atoms with Crippen molar-refractivity contribution in [2.24, 2.45) is 0 Å². The Bertz CT molecular complexity index is 598. The molecule has 0 aliphatic rings. The zero-order chi connectivity index (χ0) is 16.2. The fraction of sp³-hybridized carbons (Fsp3) is 0.375. The van der Waals surface area contributed by atoms with Gasteiger partial charge in [0.1, 0.15) is 11.6 Å². The lowest BCUT2D eigenvalue weighted by Crippen LogP contribution is -2.41. The number of aryl methyl sites for hydroxylation is 2. The molecule has 0 aliphatic carbocycles. The Hall–Kier alpha value is -1.99. The zero-order valence-corrected chi connectivity index (χ0v) is 13.7. The number of amides is 1. The Labute approximate surface area is 130 Å². The highest BCUT2D eigenvalue weighted by atomic mass is 35.5. The number of carbonyl (C=O) groups excluding carboxylic acids is 1. The molecule has 0 heterocycles. The molecule has 0 spiro atoms. The number of hydrogen-bond donors (Lipinski definition) is 2. The molecule has 0 atom stereocenters. The van der Waals surface area contributed by atoms with E-state index in [0.29, 0.717) is 10.7 Å². The number of carbonyl (C=O) groups is 1. The first-order valence-electron chi connectivity index (χ1n) is 6.60. The summed E-state index contributed by atoms with van der Waals surface area (Å²) in [6, 6.07) is 5.69. The van der Waals surface area contributed by atoms with E-state index in [1.54, 1.807) is 0 Å². The molecule has 112 valence electrons. The highest BCUT2D eigenvalue weighted by Crippen LogP contribution is 2.27. The van der Waals surface area contributed by atoms with Crippen LogP contribution in [0.1, 0.15) is 31.9 Å². The highest BCUT2D eigenvalue weighted by Gasteiger charge is 2.17. The second-order valence-corrected chi connectivity index (χ2v) is 6.36. The lowest BCUT2D eigenvalue weighted by molar-refractivity contribution is -0.118. The van der Waals surface area contributed by atoms with E-state index in [4.69, 9.17) is 16.9 Å². The van der Waals surface area contributed by atoms with E-state index in [9.17, 15) is 4.79 Å². The Morgan fingerprint density at radius 3 is 2.43 bits per heavy atom. The predicted octanol–water partition coefficient (Wildman–Crippen LogP) is 3.69. The van der Waals surface area contributed by atoms with Crippen molar-refractivity contribution >= 4 is 23.2 Å². The third-order valence-electron chi connectivity index (χ3n) is 2.65. The van der Waals surface area contributed by atoms with Crippen LogP contribution in [0.3, 0.4) is 0 Å². The standard InChI is InChI=1S/C16H20ClN3O/c1-10-6-11(2)14(13(17)7-10)19-9-12(8-18)15(21)20-16(3,4)5/h6-7,9,19H,1-5H3,(H,20,21)/b12-9-. The van der Waals surface area contributed by atoms with Gasteiger partial charge in [-0.05, 0) is 51.8 Å². The first-order chi connectivity index (χ1) is 9.64. The molecule has 0 radical (unpaired) electrons. The molecule has 1 amide bonds. The second kappa shape index (κ2) is 6.64. The van der Waals surface area contributed by atoms with Crippen LogP contribution in [0.15, 0.2) is 23.9 Å². The van der Waals surface area contributed by atoms with Gasteiger partial charge in [0.05, 0.1) is 10.7 Å². The van der Waals surface area contributed by atoms with Crippen LogP contribution in [-0.4, -0.2) is 11.4 Å². The molecule has 4 nitrogen and oxygen atoms in total. The van der Waals surface area contributed by atoms with Gasteiger partial charge in [0.2, 0.25) is 0 Å².